The lowest BCUT2D eigenvalue weighted by atomic mass is 9.81. The second-order valence-corrected chi connectivity index (χ2v) is 20.0. The molecule has 84 heavy (non-hydrogen) atoms. The van der Waals surface area contributed by atoms with Crippen molar-refractivity contribution < 1.29 is 76.3 Å². The minimum atomic E-state index is -0.888. The average molecular weight is 1130 g/mol. The molecule has 16 nitrogen and oxygen atoms in total. The van der Waals surface area contributed by atoms with Gasteiger partial charge in [-0.15, -0.1) is 0 Å². The summed E-state index contributed by atoms with van der Waals surface area (Å²) < 4.78 is 46.9. The molecule has 1 aliphatic rings. The Morgan fingerprint density at radius 2 is 0.464 bits per heavy atom. The number of carbonyl (C=O) groups excluding carboxylic acids is 8. The van der Waals surface area contributed by atoms with Gasteiger partial charge in [-0.1, -0.05) is 125 Å². The molecule has 9 rings (SSSR count). The van der Waals surface area contributed by atoms with E-state index in [1.54, 1.807) is 48.5 Å². The van der Waals surface area contributed by atoms with Gasteiger partial charge >= 0.3 is 47.8 Å². The standard InChI is InChI=1S/C68H56O16/c1-37-45-19-17-20-46(31-45)38(2)55-34-56(64(84-68(76)52-26-12-16-30-60(52)80-44(8)72)36-63(55)83-67(75)51-25-11-15-29-59(51)79-43(7)71)40(4)48-22-18-21-47(32-48)39(3)54-33-53(37)61(81-65(73)49-23-9-13-27-57(49)77-41(5)69)35-62(54)82-66(74)50-24-10-14-28-58(50)78-42(6)70/h9-40H,1-8H3. The molecule has 0 radical (unpaired) electrons. The third kappa shape index (κ3) is 13.0. The zero-order chi connectivity index (χ0) is 59.9. The molecule has 0 saturated carbocycles. The smallest absolute Gasteiger partial charge is 0.347 e. The summed E-state index contributed by atoms with van der Waals surface area (Å²) in [6.07, 6.45) is 0. The fourth-order valence-electron chi connectivity index (χ4n) is 9.95. The molecule has 8 bridgehead atoms. The first-order valence-corrected chi connectivity index (χ1v) is 26.8. The molecule has 0 saturated heterocycles. The predicted molar refractivity (Wildman–Crippen MR) is 307 cm³/mol. The zero-order valence-electron chi connectivity index (χ0n) is 47.0. The maximum Gasteiger partial charge on any atom is 0.347 e. The van der Waals surface area contributed by atoms with Gasteiger partial charge in [0.15, 0.2) is 0 Å². The number of esters is 8. The van der Waals surface area contributed by atoms with Gasteiger partial charge in [-0.3, -0.25) is 19.2 Å². The molecule has 424 valence electrons. The highest BCUT2D eigenvalue weighted by atomic mass is 16.6. The van der Waals surface area contributed by atoms with E-state index in [1.165, 1.54) is 88.4 Å². The molecule has 0 aromatic heterocycles. The minimum absolute atomic E-state index is 0.00687. The summed E-state index contributed by atoms with van der Waals surface area (Å²) in [5, 5.41) is 0. The highest BCUT2D eigenvalue weighted by molar-refractivity contribution is 5.98. The van der Waals surface area contributed by atoms with Crippen LogP contribution < -0.4 is 37.9 Å². The quantitative estimate of drug-likeness (QED) is 0.0822. The lowest BCUT2D eigenvalue weighted by Crippen LogP contribution is -2.17. The van der Waals surface area contributed by atoms with Gasteiger partial charge in [0.2, 0.25) is 0 Å². The van der Waals surface area contributed by atoms with Crippen molar-refractivity contribution in [2.45, 2.75) is 79.1 Å². The number of hydrogen-bond donors (Lipinski definition) is 0. The first-order valence-electron chi connectivity index (χ1n) is 26.8. The molecule has 1 aliphatic carbocycles. The molecule has 4 atom stereocenters. The number of ether oxygens (including phenoxy) is 8. The lowest BCUT2D eigenvalue weighted by molar-refractivity contribution is -0.132. The van der Waals surface area contributed by atoms with E-state index in [2.05, 4.69) is 0 Å². The van der Waals surface area contributed by atoms with Gasteiger partial charge in [-0.2, -0.15) is 0 Å². The van der Waals surface area contributed by atoms with Crippen LogP contribution in [0.15, 0.2) is 170 Å². The SMILES string of the molecule is CC(=O)Oc1ccccc1C(=O)Oc1cc(OC(=O)c2ccccc2OC(C)=O)c2cc1C(C)c1cccc(c1)C(C)c1cc(c(OC(=O)c3ccccc3OC(C)=O)cc1OC(=O)c1ccccc1OC(C)=O)C(C)c1cccc(c1)C2C. The van der Waals surface area contributed by atoms with Crippen molar-refractivity contribution in [2.24, 2.45) is 0 Å². The van der Waals surface area contributed by atoms with E-state index in [0.717, 1.165) is 22.3 Å². The van der Waals surface area contributed by atoms with Crippen molar-refractivity contribution in [3.63, 3.8) is 0 Å². The molecule has 0 spiro atoms. The largest absolute Gasteiger partial charge is 0.426 e. The summed E-state index contributed by atoms with van der Waals surface area (Å²) in [5.41, 5.74) is 4.60. The van der Waals surface area contributed by atoms with Gasteiger partial charge in [0.1, 0.15) is 68.2 Å². The van der Waals surface area contributed by atoms with Gasteiger partial charge in [0.25, 0.3) is 0 Å². The monoisotopic (exact) mass is 1130 g/mol. The molecule has 8 aromatic carbocycles. The van der Waals surface area contributed by atoms with E-state index in [4.69, 9.17) is 37.9 Å². The second-order valence-electron chi connectivity index (χ2n) is 20.0. The van der Waals surface area contributed by atoms with Gasteiger partial charge in [-0.05, 0) is 82.9 Å². The Balaban J connectivity index is 1.26. The van der Waals surface area contributed by atoms with Gasteiger partial charge in [0.05, 0.1) is 0 Å². The predicted octanol–water partition coefficient (Wildman–Crippen LogP) is 13.2. The molecule has 0 aliphatic heterocycles. The first kappa shape index (κ1) is 58.2. The highest BCUT2D eigenvalue weighted by Crippen LogP contribution is 2.47. The molecular formula is C68H56O16. The van der Waals surface area contributed by atoms with E-state index in [-0.39, 0.29) is 68.2 Å². The molecule has 0 heterocycles. The second kappa shape index (κ2) is 25.1. The number of rotatable bonds is 12. The molecular weight excluding hydrogens is 1070 g/mol. The molecule has 0 fully saturated rings. The van der Waals surface area contributed by atoms with Gasteiger partial charge in [0, 0.05) is 85.8 Å². The van der Waals surface area contributed by atoms with Crippen LogP contribution in [0.3, 0.4) is 0 Å². The Bertz CT molecular complexity index is 3460. The fourth-order valence-corrected chi connectivity index (χ4v) is 9.95. The van der Waals surface area contributed by atoms with Crippen LogP contribution in [0.25, 0.3) is 0 Å². The van der Waals surface area contributed by atoms with Crippen LogP contribution in [0, 0.1) is 0 Å². The van der Waals surface area contributed by atoms with Crippen LogP contribution in [0.2, 0.25) is 0 Å². The van der Waals surface area contributed by atoms with Crippen LogP contribution in [-0.2, 0) is 19.2 Å². The number of carbonyl (C=O) groups is 8. The number of para-hydroxylation sites is 4. The van der Waals surface area contributed by atoms with E-state index >= 15 is 0 Å². The normalized spacial score (nSPS) is 15.0. The van der Waals surface area contributed by atoms with Crippen molar-refractivity contribution in [1.29, 1.82) is 0 Å². The summed E-state index contributed by atoms with van der Waals surface area (Å²) in [7, 11) is 0. The lowest BCUT2D eigenvalue weighted by Gasteiger charge is -2.26. The molecule has 16 heteroatoms. The zero-order valence-corrected chi connectivity index (χ0v) is 47.0. The van der Waals surface area contributed by atoms with Crippen LogP contribution in [0.4, 0.5) is 0 Å². The summed E-state index contributed by atoms with van der Waals surface area (Å²) in [5.74, 6) is -8.78. The topological polar surface area (TPSA) is 210 Å². The number of hydrogen-bond acceptors (Lipinski definition) is 16. The fraction of sp³-hybridized carbons (Fsp3) is 0.176. The molecule has 4 unspecified atom stereocenters. The summed E-state index contributed by atoms with van der Waals surface area (Å²) in [4.78, 5) is 107. The van der Waals surface area contributed by atoms with Crippen molar-refractivity contribution >= 4 is 47.8 Å². The third-order valence-corrected chi connectivity index (χ3v) is 14.2. The van der Waals surface area contributed by atoms with Crippen molar-refractivity contribution in [3.05, 3.63) is 237 Å². The van der Waals surface area contributed by atoms with E-state index in [1.807, 2.05) is 88.4 Å². The number of benzene rings is 8. The summed E-state index contributed by atoms with van der Waals surface area (Å²) in [6, 6.07) is 46.2. The minimum Gasteiger partial charge on any atom is -0.426 e. The Labute approximate surface area is 483 Å². The molecule has 0 N–H and O–H groups in total. The van der Waals surface area contributed by atoms with Crippen molar-refractivity contribution in [1.82, 2.24) is 0 Å². The number of fused-ring (bicyclic) bond motifs is 8. The van der Waals surface area contributed by atoms with Crippen LogP contribution in [0.5, 0.6) is 46.0 Å². The van der Waals surface area contributed by atoms with Gasteiger partial charge in [-0.25, -0.2) is 19.2 Å². The van der Waals surface area contributed by atoms with Crippen LogP contribution in [0.1, 0.15) is 165 Å². The average Bonchev–Trinajstić information content (AvgIpc) is 2.03. The Morgan fingerprint density at radius 3 is 0.679 bits per heavy atom. The Kier molecular flexibility index (Phi) is 17.4. The maximum absolute atomic E-state index is 14.4. The third-order valence-electron chi connectivity index (χ3n) is 14.2. The van der Waals surface area contributed by atoms with Crippen molar-refractivity contribution in [3.8, 4) is 46.0 Å². The van der Waals surface area contributed by atoms with Crippen molar-refractivity contribution in [2.75, 3.05) is 0 Å². The van der Waals surface area contributed by atoms with E-state index < -0.39 is 71.4 Å². The highest BCUT2D eigenvalue weighted by Gasteiger charge is 2.31. The summed E-state index contributed by atoms with van der Waals surface area (Å²) >= 11 is 0. The Hall–Kier alpha value is -10.5. The van der Waals surface area contributed by atoms with Crippen LogP contribution >= 0.6 is 0 Å². The first-order chi connectivity index (χ1) is 40.2. The van der Waals surface area contributed by atoms with E-state index in [0.29, 0.717) is 22.3 Å². The Morgan fingerprint density at radius 1 is 0.250 bits per heavy atom. The van der Waals surface area contributed by atoms with E-state index in [9.17, 15) is 38.4 Å². The maximum atomic E-state index is 14.4. The summed E-state index contributed by atoms with van der Waals surface area (Å²) in [6.45, 7) is 12.5. The molecule has 0 amide bonds. The van der Waals surface area contributed by atoms with Crippen LogP contribution in [-0.4, -0.2) is 47.8 Å². The van der Waals surface area contributed by atoms with Gasteiger partial charge < -0.3 is 37.9 Å². The molecule has 8 aromatic rings.